The zero-order chi connectivity index (χ0) is 13.9. The Morgan fingerprint density at radius 2 is 2.00 bits per heavy atom. The lowest BCUT2D eigenvalue weighted by Crippen LogP contribution is -2.19. The lowest BCUT2D eigenvalue weighted by atomic mass is 10.1. The topological polar surface area (TPSA) is 42.1 Å². The van der Waals surface area contributed by atoms with Crippen LogP contribution in [-0.2, 0) is 6.42 Å². The molecule has 2 aromatic rings. The monoisotopic (exact) mass is 283 g/mol. The summed E-state index contributed by atoms with van der Waals surface area (Å²) in [7, 11) is 0. The number of anilines is 2. The number of aryl methyl sites for hydroxylation is 1. The van der Waals surface area contributed by atoms with Crippen LogP contribution in [0.3, 0.4) is 0 Å². The SMILES string of the molecule is NC(=S)c1ccc(N2CCCCc3ccccc32)nc1. The number of aromatic nitrogens is 1. The highest BCUT2D eigenvalue weighted by Gasteiger charge is 2.17. The largest absolute Gasteiger partial charge is 0.389 e. The molecule has 102 valence electrons. The first-order valence-electron chi connectivity index (χ1n) is 6.87. The molecule has 0 fully saturated rings. The lowest BCUT2D eigenvalue weighted by molar-refractivity contribution is 0.758. The summed E-state index contributed by atoms with van der Waals surface area (Å²) in [6.45, 7) is 0.996. The normalized spacial score (nSPS) is 14.5. The summed E-state index contributed by atoms with van der Waals surface area (Å²) in [6, 6.07) is 12.5. The van der Waals surface area contributed by atoms with E-state index in [1.54, 1.807) is 6.20 Å². The Labute approximate surface area is 124 Å². The van der Waals surface area contributed by atoms with Gasteiger partial charge in [-0.2, -0.15) is 0 Å². The quantitative estimate of drug-likeness (QED) is 0.860. The van der Waals surface area contributed by atoms with Crippen LogP contribution in [0, 0.1) is 0 Å². The van der Waals surface area contributed by atoms with Crippen LogP contribution < -0.4 is 10.6 Å². The van der Waals surface area contributed by atoms with Crippen LogP contribution in [0.15, 0.2) is 42.6 Å². The average Bonchev–Trinajstić information content (AvgIpc) is 2.69. The van der Waals surface area contributed by atoms with Gasteiger partial charge in [0.05, 0.1) is 0 Å². The van der Waals surface area contributed by atoms with E-state index >= 15 is 0 Å². The summed E-state index contributed by atoms with van der Waals surface area (Å²) in [4.78, 5) is 7.20. The summed E-state index contributed by atoms with van der Waals surface area (Å²) < 4.78 is 0. The van der Waals surface area contributed by atoms with Gasteiger partial charge in [-0.05, 0) is 43.0 Å². The summed E-state index contributed by atoms with van der Waals surface area (Å²) in [5, 5.41) is 0. The van der Waals surface area contributed by atoms with Crippen LogP contribution in [0.2, 0.25) is 0 Å². The highest BCUT2D eigenvalue weighted by atomic mass is 32.1. The molecular weight excluding hydrogens is 266 g/mol. The van der Waals surface area contributed by atoms with Gasteiger partial charge >= 0.3 is 0 Å². The predicted molar refractivity (Wildman–Crippen MR) is 86.5 cm³/mol. The zero-order valence-electron chi connectivity index (χ0n) is 11.2. The first-order valence-corrected chi connectivity index (χ1v) is 7.28. The van der Waals surface area contributed by atoms with Crippen LogP contribution in [0.1, 0.15) is 24.0 Å². The molecule has 1 aliphatic rings. The number of pyridine rings is 1. The molecule has 20 heavy (non-hydrogen) atoms. The molecule has 2 N–H and O–H groups in total. The van der Waals surface area contributed by atoms with Crippen LogP contribution in [0.4, 0.5) is 11.5 Å². The molecule has 0 spiro atoms. The third kappa shape index (κ3) is 2.51. The second-order valence-corrected chi connectivity index (χ2v) is 5.45. The zero-order valence-corrected chi connectivity index (χ0v) is 12.1. The molecule has 0 bridgehead atoms. The van der Waals surface area contributed by atoms with Crippen molar-refractivity contribution in [1.82, 2.24) is 4.98 Å². The third-order valence-corrected chi connectivity index (χ3v) is 3.90. The van der Waals surface area contributed by atoms with E-state index in [0.717, 1.165) is 24.3 Å². The van der Waals surface area contributed by atoms with Crippen molar-refractivity contribution in [3.63, 3.8) is 0 Å². The second kappa shape index (κ2) is 5.59. The van der Waals surface area contributed by atoms with E-state index in [1.807, 2.05) is 12.1 Å². The Morgan fingerprint density at radius 1 is 1.15 bits per heavy atom. The second-order valence-electron chi connectivity index (χ2n) is 5.01. The molecular formula is C16H17N3S. The molecule has 0 saturated carbocycles. The first kappa shape index (κ1) is 13.1. The van der Waals surface area contributed by atoms with E-state index < -0.39 is 0 Å². The Hall–Kier alpha value is -1.94. The molecule has 0 amide bonds. The van der Waals surface area contributed by atoms with Crippen molar-refractivity contribution < 1.29 is 0 Å². The standard InChI is InChI=1S/C16H17N3S/c17-16(20)13-8-9-15(18-11-13)19-10-4-3-6-12-5-1-2-7-14(12)19/h1-2,5,7-9,11H,3-4,6,10H2,(H2,17,20). The van der Waals surface area contributed by atoms with Gasteiger partial charge in [-0.3, -0.25) is 0 Å². The summed E-state index contributed by atoms with van der Waals surface area (Å²) in [5.74, 6) is 0.958. The first-order chi connectivity index (χ1) is 9.75. The molecule has 0 radical (unpaired) electrons. The van der Waals surface area contributed by atoms with Gasteiger partial charge in [-0.1, -0.05) is 30.4 Å². The van der Waals surface area contributed by atoms with Crippen LogP contribution in [0.5, 0.6) is 0 Å². The molecule has 0 atom stereocenters. The number of thiocarbonyl (C=S) groups is 1. The van der Waals surface area contributed by atoms with Gasteiger partial charge in [0.2, 0.25) is 0 Å². The van der Waals surface area contributed by atoms with E-state index in [-0.39, 0.29) is 0 Å². The maximum atomic E-state index is 5.62. The minimum absolute atomic E-state index is 0.389. The number of nitrogens with zero attached hydrogens (tertiary/aromatic N) is 2. The number of hydrogen-bond donors (Lipinski definition) is 1. The lowest BCUT2D eigenvalue weighted by Gasteiger charge is -2.24. The highest BCUT2D eigenvalue weighted by molar-refractivity contribution is 7.80. The maximum Gasteiger partial charge on any atom is 0.132 e. The number of para-hydroxylation sites is 1. The minimum Gasteiger partial charge on any atom is -0.389 e. The number of hydrogen-bond acceptors (Lipinski definition) is 3. The molecule has 0 aliphatic carbocycles. The van der Waals surface area contributed by atoms with Gasteiger partial charge in [0.1, 0.15) is 10.8 Å². The van der Waals surface area contributed by atoms with Gasteiger partial charge in [0, 0.05) is 24.0 Å². The molecule has 0 unspecified atom stereocenters. The molecule has 0 saturated heterocycles. The van der Waals surface area contributed by atoms with Crippen molar-refractivity contribution in [2.24, 2.45) is 5.73 Å². The minimum atomic E-state index is 0.389. The number of rotatable bonds is 2. The van der Waals surface area contributed by atoms with E-state index in [4.69, 9.17) is 18.0 Å². The third-order valence-electron chi connectivity index (χ3n) is 3.67. The van der Waals surface area contributed by atoms with Crippen molar-refractivity contribution >= 4 is 28.7 Å². The fraction of sp³-hybridized carbons (Fsp3) is 0.250. The van der Waals surface area contributed by atoms with Crippen LogP contribution in [0.25, 0.3) is 0 Å². The van der Waals surface area contributed by atoms with Gasteiger partial charge < -0.3 is 10.6 Å². The van der Waals surface area contributed by atoms with Crippen molar-refractivity contribution in [3.05, 3.63) is 53.7 Å². The average molecular weight is 283 g/mol. The maximum absolute atomic E-state index is 5.62. The number of nitrogens with two attached hydrogens (primary N) is 1. The van der Waals surface area contributed by atoms with Crippen molar-refractivity contribution in [2.45, 2.75) is 19.3 Å². The van der Waals surface area contributed by atoms with Gasteiger partial charge in [0.15, 0.2) is 0 Å². The summed E-state index contributed by atoms with van der Waals surface area (Å²) in [5.41, 5.74) is 9.09. The molecule has 1 aromatic heterocycles. The van der Waals surface area contributed by atoms with Crippen molar-refractivity contribution in [3.8, 4) is 0 Å². The van der Waals surface area contributed by atoms with Crippen molar-refractivity contribution in [1.29, 1.82) is 0 Å². The molecule has 3 rings (SSSR count). The number of benzene rings is 1. The van der Waals surface area contributed by atoms with Crippen LogP contribution >= 0.6 is 12.2 Å². The van der Waals surface area contributed by atoms with E-state index in [9.17, 15) is 0 Å². The Balaban J connectivity index is 1.98. The van der Waals surface area contributed by atoms with E-state index in [1.165, 1.54) is 24.1 Å². The van der Waals surface area contributed by atoms with Gasteiger partial charge in [-0.25, -0.2) is 4.98 Å². The Morgan fingerprint density at radius 3 is 2.75 bits per heavy atom. The Bertz CT molecular complexity index is 622. The fourth-order valence-electron chi connectivity index (χ4n) is 2.62. The van der Waals surface area contributed by atoms with E-state index in [2.05, 4.69) is 34.1 Å². The molecule has 1 aliphatic heterocycles. The van der Waals surface area contributed by atoms with E-state index in [0.29, 0.717) is 4.99 Å². The summed E-state index contributed by atoms with van der Waals surface area (Å²) >= 11 is 4.97. The highest BCUT2D eigenvalue weighted by Crippen LogP contribution is 2.31. The molecule has 3 nitrogen and oxygen atoms in total. The number of fused-ring (bicyclic) bond motifs is 1. The predicted octanol–water partition coefficient (Wildman–Crippen LogP) is 3.19. The van der Waals surface area contributed by atoms with Gasteiger partial charge in [0.25, 0.3) is 0 Å². The molecule has 2 heterocycles. The van der Waals surface area contributed by atoms with Crippen LogP contribution in [-0.4, -0.2) is 16.5 Å². The van der Waals surface area contributed by atoms with Crippen molar-refractivity contribution in [2.75, 3.05) is 11.4 Å². The fourth-order valence-corrected chi connectivity index (χ4v) is 2.74. The van der Waals surface area contributed by atoms with Gasteiger partial charge in [-0.15, -0.1) is 0 Å². The Kier molecular flexibility index (Phi) is 3.65. The molecule has 4 heteroatoms. The molecule has 1 aromatic carbocycles. The smallest absolute Gasteiger partial charge is 0.132 e. The summed E-state index contributed by atoms with van der Waals surface area (Å²) in [6.07, 6.45) is 5.29.